The highest BCUT2D eigenvalue weighted by Gasteiger charge is 2.43. The lowest BCUT2D eigenvalue weighted by Gasteiger charge is -2.20. The van der Waals surface area contributed by atoms with Gasteiger partial charge in [0.2, 0.25) is 5.69 Å². The van der Waals surface area contributed by atoms with Crippen molar-refractivity contribution in [1.82, 2.24) is 0 Å². The number of rotatable bonds is 7. The van der Waals surface area contributed by atoms with Crippen molar-refractivity contribution in [1.29, 1.82) is 0 Å². The fourth-order valence-electron chi connectivity index (χ4n) is 4.65. The lowest BCUT2D eigenvalue weighted by Crippen LogP contribution is -2.26. The lowest BCUT2D eigenvalue weighted by atomic mass is 9.80. The normalized spacial score (nSPS) is 13.9. The predicted molar refractivity (Wildman–Crippen MR) is 155 cm³/mol. The molecular weight excluding hydrogens is 531 g/mol. The zero-order chi connectivity index (χ0) is 29.7. The number of hydrogen-bond donors (Lipinski definition) is 2. The Morgan fingerprint density at radius 3 is 2.10 bits per heavy atom. The van der Waals surface area contributed by atoms with Gasteiger partial charge in [0.1, 0.15) is 12.8 Å². The summed E-state index contributed by atoms with van der Waals surface area (Å²) in [6.45, 7) is 7.02. The third-order valence-electron chi connectivity index (χ3n) is 6.70. The average molecular weight is 567 g/mol. The van der Waals surface area contributed by atoms with Crippen LogP contribution >= 0.6 is 7.82 Å². The van der Waals surface area contributed by atoms with E-state index in [1.54, 1.807) is 0 Å². The van der Waals surface area contributed by atoms with Gasteiger partial charge in [0.15, 0.2) is 5.71 Å². The molecule has 1 aliphatic heterocycles. The monoisotopic (exact) mass is 566 g/mol. The van der Waals surface area contributed by atoms with Crippen LogP contribution in [0, 0.1) is 0 Å². The number of phosphoric acid groups is 1. The number of carbonyl (C=O) groups excluding carboxylic acids is 1. The van der Waals surface area contributed by atoms with Crippen molar-refractivity contribution in [3.63, 3.8) is 0 Å². The molecule has 1 heterocycles. The minimum absolute atomic E-state index is 0.238. The Hall–Kier alpha value is -3.75. The maximum absolute atomic E-state index is 12.0. The zero-order valence-electron chi connectivity index (χ0n) is 23.5. The minimum atomic E-state index is -4.89. The molecular formula is C30H35N2O7P. The second-order valence-corrected chi connectivity index (χ2v) is 10.7. The quantitative estimate of drug-likeness (QED) is 0.238. The van der Waals surface area contributed by atoms with E-state index in [-0.39, 0.29) is 11.4 Å². The van der Waals surface area contributed by atoms with Crippen molar-refractivity contribution in [2.24, 2.45) is 0 Å². The first-order valence-electron chi connectivity index (χ1n) is 12.6. The highest BCUT2D eigenvalue weighted by molar-refractivity contribution is 7.43. The fraction of sp³-hybridized carbons (Fsp3) is 0.267. The SMILES string of the molecule is CCOc1ccc(N(C)c2ccc(C=CC3=[N+](C)c4ccc(C(=O)OC)cc4C3(C)C)cc2)cc1.O=P([O-])(O)O. The van der Waals surface area contributed by atoms with Crippen LogP contribution in [0.1, 0.15) is 42.3 Å². The molecule has 1 aliphatic rings. The molecule has 0 aromatic heterocycles. The number of fused-ring (bicyclic) bond motifs is 1. The van der Waals surface area contributed by atoms with Gasteiger partial charge in [-0.3, -0.25) is 4.57 Å². The number of ether oxygens (including phenoxy) is 2. The van der Waals surface area contributed by atoms with Crippen LogP contribution in [0.4, 0.5) is 17.1 Å². The van der Waals surface area contributed by atoms with Crippen molar-refractivity contribution in [3.05, 3.63) is 89.5 Å². The van der Waals surface area contributed by atoms with Gasteiger partial charge >= 0.3 is 5.97 Å². The molecule has 4 rings (SSSR count). The van der Waals surface area contributed by atoms with E-state index in [1.165, 1.54) is 12.8 Å². The number of hydrogen-bond acceptors (Lipinski definition) is 6. The molecule has 0 fully saturated rings. The molecule has 0 saturated heterocycles. The molecule has 2 N–H and O–H groups in total. The van der Waals surface area contributed by atoms with E-state index in [1.807, 2.05) is 37.3 Å². The first-order valence-corrected chi connectivity index (χ1v) is 14.1. The van der Waals surface area contributed by atoms with Gasteiger partial charge in [-0.15, -0.1) is 0 Å². The standard InChI is InChI=1S/C30H33N2O3.H3O4P/c1-7-35-25-16-14-24(15-17-25)31(4)23-12-8-21(9-13-23)10-19-28-30(2,3)26-20-22(29(33)34-6)11-18-27(26)32(28)5;1-5(2,3)4/h8-20H,7H2,1-6H3;(H3,1,2,3,4)/q+1;/p-1. The predicted octanol–water partition coefficient (Wildman–Crippen LogP) is 4.80. The molecule has 0 radical (unpaired) electrons. The van der Waals surface area contributed by atoms with Gasteiger partial charge in [-0.1, -0.05) is 12.1 Å². The second-order valence-electron chi connectivity index (χ2n) is 9.69. The summed E-state index contributed by atoms with van der Waals surface area (Å²) in [5.41, 5.74) is 7.07. The smallest absolute Gasteiger partial charge is 0.337 e. The lowest BCUT2D eigenvalue weighted by molar-refractivity contribution is -0.401. The third kappa shape index (κ3) is 7.46. The van der Waals surface area contributed by atoms with E-state index in [0.29, 0.717) is 12.2 Å². The molecule has 0 saturated carbocycles. The van der Waals surface area contributed by atoms with Crippen molar-refractivity contribution < 1.29 is 38.1 Å². The number of esters is 1. The summed E-state index contributed by atoms with van der Waals surface area (Å²) >= 11 is 0. The highest BCUT2D eigenvalue weighted by atomic mass is 31.2. The van der Waals surface area contributed by atoms with Crippen LogP contribution in [-0.4, -0.2) is 53.9 Å². The zero-order valence-corrected chi connectivity index (χ0v) is 24.4. The summed E-state index contributed by atoms with van der Waals surface area (Å²) in [6.07, 6.45) is 4.31. The Morgan fingerprint density at radius 1 is 1.02 bits per heavy atom. The molecule has 0 unspecified atom stereocenters. The average Bonchev–Trinajstić information content (AvgIpc) is 3.10. The van der Waals surface area contributed by atoms with Crippen molar-refractivity contribution >= 4 is 42.6 Å². The van der Waals surface area contributed by atoms with Crippen molar-refractivity contribution in [3.8, 4) is 5.75 Å². The van der Waals surface area contributed by atoms with Gasteiger partial charge in [0, 0.05) is 36.1 Å². The van der Waals surface area contributed by atoms with Gasteiger partial charge in [0.25, 0.3) is 7.82 Å². The van der Waals surface area contributed by atoms with Crippen molar-refractivity contribution in [2.45, 2.75) is 26.2 Å². The van der Waals surface area contributed by atoms with E-state index >= 15 is 0 Å². The van der Waals surface area contributed by atoms with E-state index in [2.05, 4.69) is 86.0 Å². The molecule has 3 aromatic rings. The Bertz CT molecular complexity index is 1450. The summed E-state index contributed by atoms with van der Waals surface area (Å²) in [5, 5.41) is 0. The third-order valence-corrected chi connectivity index (χ3v) is 6.70. The van der Waals surface area contributed by atoms with Crippen molar-refractivity contribution in [2.75, 3.05) is 32.7 Å². The number of anilines is 2. The van der Waals surface area contributed by atoms with Gasteiger partial charge in [-0.2, -0.15) is 4.58 Å². The Kier molecular flexibility index (Phi) is 9.71. The van der Waals surface area contributed by atoms with E-state index in [0.717, 1.165) is 33.9 Å². The number of nitrogens with zero attached hydrogens (tertiary/aromatic N) is 2. The Labute approximate surface area is 234 Å². The molecule has 9 nitrogen and oxygen atoms in total. The van der Waals surface area contributed by atoms with Crippen LogP contribution in [0.2, 0.25) is 0 Å². The second kappa shape index (κ2) is 12.6. The Balaban J connectivity index is 0.000000810. The molecule has 212 valence electrons. The summed E-state index contributed by atoms with van der Waals surface area (Å²) in [5.74, 6) is 0.566. The van der Waals surface area contributed by atoms with Gasteiger partial charge in [-0.25, -0.2) is 4.79 Å². The van der Waals surface area contributed by atoms with Crippen LogP contribution in [-0.2, 0) is 14.7 Å². The van der Waals surface area contributed by atoms with Gasteiger partial charge < -0.3 is 29.1 Å². The summed E-state index contributed by atoms with van der Waals surface area (Å²) in [6, 6.07) is 22.4. The number of carbonyl (C=O) groups is 1. The van der Waals surface area contributed by atoms with Crippen LogP contribution < -0.4 is 14.5 Å². The molecule has 40 heavy (non-hydrogen) atoms. The summed E-state index contributed by atoms with van der Waals surface area (Å²) in [4.78, 5) is 37.1. The maximum Gasteiger partial charge on any atom is 0.337 e. The molecule has 0 aliphatic carbocycles. The van der Waals surface area contributed by atoms with Crippen LogP contribution in [0.15, 0.2) is 72.8 Å². The van der Waals surface area contributed by atoms with Crippen LogP contribution in [0.3, 0.4) is 0 Å². The number of allylic oxidation sites excluding steroid dienone is 1. The number of benzene rings is 3. The summed E-state index contributed by atoms with van der Waals surface area (Å²) in [7, 11) is 0.653. The topological polar surface area (TPSA) is 122 Å². The minimum Gasteiger partial charge on any atom is -0.756 e. The summed E-state index contributed by atoms with van der Waals surface area (Å²) < 4.78 is 21.4. The van der Waals surface area contributed by atoms with Crippen LogP contribution in [0.25, 0.3) is 6.08 Å². The van der Waals surface area contributed by atoms with E-state index < -0.39 is 7.82 Å². The molecule has 0 spiro atoms. The fourth-order valence-corrected chi connectivity index (χ4v) is 4.65. The van der Waals surface area contributed by atoms with Crippen LogP contribution in [0.5, 0.6) is 5.75 Å². The highest BCUT2D eigenvalue weighted by Crippen LogP contribution is 2.40. The van der Waals surface area contributed by atoms with E-state index in [9.17, 15) is 4.79 Å². The van der Waals surface area contributed by atoms with Gasteiger partial charge in [0.05, 0.1) is 24.7 Å². The molecule has 0 amide bonds. The molecule has 3 aromatic carbocycles. The molecule has 0 atom stereocenters. The maximum atomic E-state index is 12.0. The molecule has 0 bridgehead atoms. The van der Waals surface area contributed by atoms with Gasteiger partial charge in [-0.05, 0) is 80.9 Å². The first kappa shape index (κ1) is 30.8. The Morgan fingerprint density at radius 2 is 1.57 bits per heavy atom. The first-order chi connectivity index (χ1) is 18.8. The largest absolute Gasteiger partial charge is 0.756 e. The van der Waals surface area contributed by atoms with E-state index in [4.69, 9.17) is 28.7 Å². The number of methoxy groups -OCH3 is 1. The molecule has 10 heteroatoms.